The van der Waals surface area contributed by atoms with Gasteiger partial charge in [-0.25, -0.2) is 9.48 Å². The molecule has 8 nitrogen and oxygen atoms in total. The Morgan fingerprint density at radius 2 is 1.78 bits per heavy atom. The number of halogens is 3. The maximum Gasteiger partial charge on any atom is 0.573 e. The number of alkyl halides is 3. The van der Waals surface area contributed by atoms with Crippen LogP contribution in [0, 0.1) is 0 Å². The minimum absolute atomic E-state index is 0.0272. The number of primary amides is 2. The summed E-state index contributed by atoms with van der Waals surface area (Å²) in [6.45, 7) is 0. The Morgan fingerprint density at radius 3 is 2.26 bits per heavy atom. The van der Waals surface area contributed by atoms with Crippen LogP contribution in [0.4, 0.5) is 23.7 Å². The number of ether oxygens (including phenoxy) is 1. The van der Waals surface area contributed by atoms with Gasteiger partial charge in [0.25, 0.3) is 5.91 Å². The van der Waals surface area contributed by atoms with E-state index in [-0.39, 0.29) is 11.4 Å². The van der Waals surface area contributed by atoms with E-state index in [4.69, 9.17) is 11.5 Å². The van der Waals surface area contributed by atoms with E-state index in [2.05, 4.69) is 15.2 Å². The molecule has 0 aliphatic rings. The molecule has 11 heteroatoms. The van der Waals surface area contributed by atoms with E-state index in [1.165, 1.54) is 18.3 Å². The van der Waals surface area contributed by atoms with Crippen LogP contribution in [0.15, 0.2) is 30.5 Å². The van der Waals surface area contributed by atoms with Gasteiger partial charge in [-0.2, -0.15) is 5.10 Å². The first kappa shape index (κ1) is 16.1. The van der Waals surface area contributed by atoms with Crippen LogP contribution in [0.2, 0.25) is 0 Å². The van der Waals surface area contributed by atoms with Crippen LogP contribution in [-0.4, -0.2) is 28.1 Å². The summed E-state index contributed by atoms with van der Waals surface area (Å²) in [5.41, 5.74) is 10.1. The Kier molecular flexibility index (Phi) is 4.12. The van der Waals surface area contributed by atoms with Gasteiger partial charge in [0, 0.05) is 0 Å². The molecule has 2 rings (SSSR count). The van der Waals surface area contributed by atoms with Crippen molar-refractivity contribution in [3.8, 4) is 11.4 Å². The second-order valence-electron chi connectivity index (χ2n) is 4.23. The number of hydrogen-bond acceptors (Lipinski definition) is 4. The molecule has 0 saturated heterocycles. The normalized spacial score (nSPS) is 11.1. The van der Waals surface area contributed by atoms with Crippen molar-refractivity contribution in [3.05, 3.63) is 36.2 Å². The molecule has 0 radical (unpaired) electrons. The Morgan fingerprint density at radius 1 is 1.17 bits per heavy atom. The van der Waals surface area contributed by atoms with Crippen LogP contribution in [0.25, 0.3) is 5.69 Å². The average molecular weight is 329 g/mol. The maximum absolute atomic E-state index is 12.1. The Balaban J connectivity index is 2.31. The summed E-state index contributed by atoms with van der Waals surface area (Å²) in [6, 6.07) is 3.74. The highest BCUT2D eigenvalue weighted by atomic mass is 19.4. The van der Waals surface area contributed by atoms with E-state index in [0.29, 0.717) is 5.69 Å². The molecular weight excluding hydrogens is 319 g/mol. The van der Waals surface area contributed by atoms with Gasteiger partial charge in [0.2, 0.25) is 0 Å². The molecule has 0 bridgehead atoms. The summed E-state index contributed by atoms with van der Waals surface area (Å²) in [5, 5.41) is 6.01. The monoisotopic (exact) mass is 329 g/mol. The molecule has 1 heterocycles. The van der Waals surface area contributed by atoms with Crippen molar-refractivity contribution in [1.82, 2.24) is 9.78 Å². The van der Waals surface area contributed by atoms with Gasteiger partial charge in [0.05, 0.1) is 17.6 Å². The van der Waals surface area contributed by atoms with Crippen LogP contribution < -0.4 is 21.5 Å². The van der Waals surface area contributed by atoms with Crippen molar-refractivity contribution in [2.75, 3.05) is 5.32 Å². The fraction of sp³-hybridized carbons (Fsp3) is 0.0833. The van der Waals surface area contributed by atoms with Crippen LogP contribution >= 0.6 is 0 Å². The minimum atomic E-state index is -4.80. The van der Waals surface area contributed by atoms with Crippen LogP contribution in [-0.2, 0) is 0 Å². The molecule has 0 aliphatic heterocycles. The molecule has 0 fully saturated rings. The molecule has 3 amide bonds. The highest BCUT2D eigenvalue weighted by Crippen LogP contribution is 2.24. The fourth-order valence-corrected chi connectivity index (χ4v) is 1.71. The van der Waals surface area contributed by atoms with E-state index in [9.17, 15) is 22.8 Å². The van der Waals surface area contributed by atoms with E-state index < -0.39 is 24.1 Å². The Labute approximate surface area is 126 Å². The maximum atomic E-state index is 12.1. The summed E-state index contributed by atoms with van der Waals surface area (Å²) in [5.74, 6) is -1.33. The number of benzene rings is 1. The van der Waals surface area contributed by atoms with E-state index in [1.807, 2.05) is 0 Å². The zero-order chi connectivity index (χ0) is 17.2. The lowest BCUT2D eigenvalue weighted by Crippen LogP contribution is -2.22. The number of nitrogens with two attached hydrogens (primary N) is 2. The molecule has 0 atom stereocenters. The topological polar surface area (TPSA) is 125 Å². The lowest BCUT2D eigenvalue weighted by molar-refractivity contribution is -0.274. The first-order chi connectivity index (χ1) is 10.7. The third-order valence-electron chi connectivity index (χ3n) is 2.54. The summed E-state index contributed by atoms with van der Waals surface area (Å²) >= 11 is 0. The number of anilines is 1. The quantitative estimate of drug-likeness (QED) is 0.783. The lowest BCUT2D eigenvalue weighted by Gasteiger charge is -2.09. The molecule has 122 valence electrons. The summed E-state index contributed by atoms with van der Waals surface area (Å²) in [4.78, 5) is 22.1. The molecule has 23 heavy (non-hydrogen) atoms. The SMILES string of the molecule is NC(=O)Nc1cn(-c2ccc(OC(F)(F)F)cc2)nc1C(N)=O. The molecule has 1 aromatic carbocycles. The average Bonchev–Trinajstić information content (AvgIpc) is 2.81. The number of nitrogens with one attached hydrogen (secondary N) is 1. The van der Waals surface area contributed by atoms with E-state index >= 15 is 0 Å². The Bertz CT molecular complexity index is 739. The number of hydrogen-bond donors (Lipinski definition) is 3. The molecule has 0 aliphatic carbocycles. The van der Waals surface area contributed by atoms with Crippen molar-refractivity contribution in [2.24, 2.45) is 11.5 Å². The van der Waals surface area contributed by atoms with Gasteiger partial charge in [-0.3, -0.25) is 4.79 Å². The lowest BCUT2D eigenvalue weighted by atomic mass is 10.3. The third-order valence-corrected chi connectivity index (χ3v) is 2.54. The minimum Gasteiger partial charge on any atom is -0.406 e. The summed E-state index contributed by atoms with van der Waals surface area (Å²) in [6.07, 6.45) is -3.56. The number of carbonyl (C=O) groups excluding carboxylic acids is 2. The highest BCUT2D eigenvalue weighted by molar-refractivity contribution is 6.00. The number of aromatic nitrogens is 2. The van der Waals surface area contributed by atoms with Gasteiger partial charge in [-0.05, 0) is 24.3 Å². The highest BCUT2D eigenvalue weighted by Gasteiger charge is 2.31. The first-order valence-electron chi connectivity index (χ1n) is 5.98. The second-order valence-corrected chi connectivity index (χ2v) is 4.23. The number of amides is 3. The number of carbonyl (C=O) groups is 2. The van der Waals surface area contributed by atoms with Crippen molar-refractivity contribution < 1.29 is 27.5 Å². The zero-order valence-electron chi connectivity index (χ0n) is 11.3. The van der Waals surface area contributed by atoms with Crippen molar-refractivity contribution in [2.45, 2.75) is 6.36 Å². The van der Waals surface area contributed by atoms with Crippen LogP contribution in [0.1, 0.15) is 10.5 Å². The third kappa shape index (κ3) is 4.12. The van der Waals surface area contributed by atoms with Gasteiger partial charge in [0.15, 0.2) is 5.69 Å². The van der Waals surface area contributed by atoms with Crippen molar-refractivity contribution >= 4 is 17.6 Å². The molecule has 0 unspecified atom stereocenters. The standard InChI is InChI=1S/C12H10F3N5O3/c13-12(14,15)23-7-3-1-6(2-4-7)20-5-8(18-11(17)22)9(19-20)10(16)21/h1-5H,(H2,16,21)(H3,17,18,22). The number of rotatable bonds is 4. The summed E-state index contributed by atoms with van der Waals surface area (Å²) in [7, 11) is 0. The van der Waals surface area contributed by atoms with Gasteiger partial charge in [-0.15, -0.1) is 13.2 Å². The fourth-order valence-electron chi connectivity index (χ4n) is 1.71. The smallest absolute Gasteiger partial charge is 0.406 e. The summed E-state index contributed by atoms with van der Waals surface area (Å²) < 4.78 is 41.1. The molecular formula is C12H10F3N5O3. The molecule has 5 N–H and O–H groups in total. The molecule has 0 saturated carbocycles. The molecule has 1 aromatic heterocycles. The van der Waals surface area contributed by atoms with E-state index in [0.717, 1.165) is 16.8 Å². The van der Waals surface area contributed by atoms with Crippen molar-refractivity contribution in [1.29, 1.82) is 0 Å². The van der Waals surface area contributed by atoms with Gasteiger partial charge in [0.1, 0.15) is 5.75 Å². The second kappa shape index (κ2) is 5.87. The predicted octanol–water partition coefficient (Wildman–Crippen LogP) is 1.36. The molecule has 2 aromatic rings. The van der Waals surface area contributed by atoms with Gasteiger partial charge < -0.3 is 21.5 Å². The van der Waals surface area contributed by atoms with Gasteiger partial charge >= 0.3 is 12.4 Å². The Hall–Kier alpha value is -3.24. The molecule has 0 spiro atoms. The van der Waals surface area contributed by atoms with Crippen molar-refractivity contribution in [3.63, 3.8) is 0 Å². The first-order valence-corrected chi connectivity index (χ1v) is 5.98. The number of nitrogens with zero attached hydrogens (tertiary/aromatic N) is 2. The van der Waals surface area contributed by atoms with E-state index in [1.54, 1.807) is 0 Å². The number of urea groups is 1. The zero-order valence-corrected chi connectivity index (χ0v) is 11.3. The largest absolute Gasteiger partial charge is 0.573 e. The van der Waals surface area contributed by atoms with Crippen LogP contribution in [0.3, 0.4) is 0 Å². The van der Waals surface area contributed by atoms with Crippen LogP contribution in [0.5, 0.6) is 5.75 Å². The van der Waals surface area contributed by atoms with Gasteiger partial charge in [-0.1, -0.05) is 0 Å². The predicted molar refractivity (Wildman–Crippen MR) is 72.0 cm³/mol.